The lowest BCUT2D eigenvalue weighted by Crippen LogP contribution is -2.52. The smallest absolute Gasteiger partial charge is 0.244 e. The third-order valence-electron chi connectivity index (χ3n) is 5.89. The standard InChI is InChI=1S/C27H39N3O5S/c1-7-21-9-13-23(14-10-21)30(36(6,33)34)19-26(31)29(18-22-11-15-24(35-5)16-12-22)25(8-2)27(32)28-17-20(3)4/h9-16,20,25H,7-8,17-19H2,1-6H3,(H,28,32). The zero-order chi connectivity index (χ0) is 26.9. The molecule has 0 radical (unpaired) electrons. The van der Waals surface area contributed by atoms with Gasteiger partial charge >= 0.3 is 0 Å². The summed E-state index contributed by atoms with van der Waals surface area (Å²) in [5.74, 6) is 0.217. The minimum Gasteiger partial charge on any atom is -0.497 e. The Hall–Kier alpha value is -3.07. The van der Waals surface area contributed by atoms with Crippen molar-refractivity contribution >= 4 is 27.5 Å². The van der Waals surface area contributed by atoms with Gasteiger partial charge in [-0.2, -0.15) is 0 Å². The molecule has 2 aromatic carbocycles. The topological polar surface area (TPSA) is 96.0 Å². The van der Waals surface area contributed by atoms with Crippen molar-refractivity contribution in [1.82, 2.24) is 10.2 Å². The van der Waals surface area contributed by atoms with Crippen LogP contribution in [0.15, 0.2) is 48.5 Å². The number of nitrogens with zero attached hydrogens (tertiary/aromatic N) is 2. The zero-order valence-corrected chi connectivity index (χ0v) is 23.0. The molecule has 1 atom stereocenters. The largest absolute Gasteiger partial charge is 0.497 e. The van der Waals surface area contributed by atoms with Crippen LogP contribution in [0.2, 0.25) is 0 Å². The molecule has 0 spiro atoms. The van der Waals surface area contributed by atoms with Crippen molar-refractivity contribution in [3.63, 3.8) is 0 Å². The minimum atomic E-state index is -3.75. The average Bonchev–Trinajstić information content (AvgIpc) is 2.85. The summed E-state index contributed by atoms with van der Waals surface area (Å²) in [6.45, 7) is 8.08. The second-order valence-electron chi connectivity index (χ2n) is 9.22. The van der Waals surface area contributed by atoms with E-state index in [-0.39, 0.29) is 18.4 Å². The molecule has 198 valence electrons. The summed E-state index contributed by atoms with van der Waals surface area (Å²) in [6.07, 6.45) is 2.28. The van der Waals surface area contributed by atoms with Crippen molar-refractivity contribution < 1.29 is 22.7 Å². The number of carbonyl (C=O) groups excluding carboxylic acids is 2. The van der Waals surface area contributed by atoms with E-state index in [1.54, 1.807) is 31.4 Å². The average molecular weight is 518 g/mol. The summed E-state index contributed by atoms with van der Waals surface area (Å²) in [4.78, 5) is 28.2. The number of sulfonamides is 1. The molecule has 9 heteroatoms. The summed E-state index contributed by atoms with van der Waals surface area (Å²) >= 11 is 0. The fourth-order valence-corrected chi connectivity index (χ4v) is 4.63. The molecule has 1 unspecified atom stereocenters. The lowest BCUT2D eigenvalue weighted by atomic mass is 10.1. The lowest BCUT2D eigenvalue weighted by molar-refractivity contribution is -0.140. The van der Waals surface area contributed by atoms with E-state index in [1.807, 2.05) is 52.0 Å². The van der Waals surface area contributed by atoms with Gasteiger partial charge in [-0.25, -0.2) is 8.42 Å². The molecular formula is C27H39N3O5S. The van der Waals surface area contributed by atoms with Gasteiger partial charge < -0.3 is 15.0 Å². The van der Waals surface area contributed by atoms with Crippen LogP contribution in [-0.2, 0) is 32.6 Å². The molecule has 0 saturated carbocycles. The van der Waals surface area contributed by atoms with Gasteiger partial charge in [0.05, 0.1) is 19.1 Å². The Morgan fingerprint density at radius 2 is 1.56 bits per heavy atom. The van der Waals surface area contributed by atoms with Crippen molar-refractivity contribution in [2.45, 2.75) is 53.1 Å². The van der Waals surface area contributed by atoms with E-state index in [4.69, 9.17) is 4.74 Å². The third kappa shape index (κ3) is 8.26. The van der Waals surface area contributed by atoms with Crippen molar-refractivity contribution in [2.24, 2.45) is 5.92 Å². The molecule has 0 saturated heterocycles. The normalized spacial score (nSPS) is 12.2. The summed E-state index contributed by atoms with van der Waals surface area (Å²) < 4.78 is 31.7. The molecule has 0 aliphatic heterocycles. The van der Waals surface area contributed by atoms with Crippen molar-refractivity contribution in [2.75, 3.05) is 30.8 Å². The number of hydrogen-bond donors (Lipinski definition) is 1. The number of amides is 2. The zero-order valence-electron chi connectivity index (χ0n) is 22.2. The van der Waals surface area contributed by atoms with Crippen LogP contribution in [0.1, 0.15) is 45.2 Å². The maximum Gasteiger partial charge on any atom is 0.244 e. The summed E-state index contributed by atoms with van der Waals surface area (Å²) in [6, 6.07) is 13.6. The van der Waals surface area contributed by atoms with Gasteiger partial charge in [-0.1, -0.05) is 52.0 Å². The number of aryl methyl sites for hydroxylation is 1. The number of benzene rings is 2. The highest BCUT2D eigenvalue weighted by Crippen LogP contribution is 2.21. The Balaban J connectivity index is 2.40. The van der Waals surface area contributed by atoms with E-state index in [0.29, 0.717) is 24.4 Å². The first-order valence-corrected chi connectivity index (χ1v) is 14.1. The van der Waals surface area contributed by atoms with Gasteiger partial charge in [0.25, 0.3) is 0 Å². The predicted molar refractivity (Wildman–Crippen MR) is 143 cm³/mol. The van der Waals surface area contributed by atoms with Crippen LogP contribution >= 0.6 is 0 Å². The number of ether oxygens (including phenoxy) is 1. The van der Waals surface area contributed by atoms with Crippen molar-refractivity contribution in [3.8, 4) is 5.75 Å². The summed E-state index contributed by atoms with van der Waals surface area (Å²) in [5.41, 5.74) is 2.27. The maximum absolute atomic E-state index is 13.7. The Labute approximate surface area is 215 Å². The van der Waals surface area contributed by atoms with Crippen molar-refractivity contribution in [1.29, 1.82) is 0 Å². The Morgan fingerprint density at radius 1 is 0.972 bits per heavy atom. The molecule has 36 heavy (non-hydrogen) atoms. The number of hydrogen-bond acceptors (Lipinski definition) is 5. The first kappa shape index (κ1) is 29.2. The number of carbonyl (C=O) groups is 2. The van der Waals surface area contributed by atoms with E-state index in [9.17, 15) is 18.0 Å². The van der Waals surface area contributed by atoms with E-state index in [1.165, 1.54) is 4.90 Å². The van der Waals surface area contributed by atoms with E-state index in [2.05, 4.69) is 5.32 Å². The highest BCUT2D eigenvalue weighted by Gasteiger charge is 2.31. The van der Waals surface area contributed by atoms with E-state index >= 15 is 0 Å². The molecule has 0 heterocycles. The Bertz CT molecular complexity index is 1100. The van der Waals surface area contributed by atoms with Gasteiger partial charge in [-0.15, -0.1) is 0 Å². The minimum absolute atomic E-state index is 0.156. The summed E-state index contributed by atoms with van der Waals surface area (Å²) in [5, 5.41) is 2.92. The number of nitrogens with one attached hydrogen (secondary N) is 1. The van der Waals surface area contributed by atoms with Crippen molar-refractivity contribution in [3.05, 3.63) is 59.7 Å². The first-order chi connectivity index (χ1) is 17.0. The highest BCUT2D eigenvalue weighted by atomic mass is 32.2. The van der Waals surface area contributed by atoms with Gasteiger partial charge in [0.15, 0.2) is 0 Å². The van der Waals surface area contributed by atoms with Crippen LogP contribution in [0, 0.1) is 5.92 Å². The predicted octanol–water partition coefficient (Wildman–Crippen LogP) is 3.60. The monoisotopic (exact) mass is 517 g/mol. The quantitative estimate of drug-likeness (QED) is 0.438. The van der Waals surface area contributed by atoms with Crippen LogP contribution in [-0.4, -0.2) is 57.6 Å². The molecule has 0 fully saturated rings. The van der Waals surface area contributed by atoms with Gasteiger partial charge in [0.2, 0.25) is 21.8 Å². The molecule has 2 rings (SSSR count). The van der Waals surface area contributed by atoms with Crippen LogP contribution < -0.4 is 14.4 Å². The molecule has 0 aromatic heterocycles. The second-order valence-corrected chi connectivity index (χ2v) is 11.1. The highest BCUT2D eigenvalue weighted by molar-refractivity contribution is 7.92. The second kappa shape index (κ2) is 13.3. The molecule has 0 aliphatic rings. The Morgan fingerprint density at radius 3 is 2.03 bits per heavy atom. The molecule has 0 aliphatic carbocycles. The van der Waals surface area contributed by atoms with Crippen LogP contribution in [0.4, 0.5) is 5.69 Å². The van der Waals surface area contributed by atoms with Gasteiger partial charge in [0.1, 0.15) is 18.3 Å². The van der Waals surface area contributed by atoms with Gasteiger partial charge in [0, 0.05) is 13.1 Å². The summed E-state index contributed by atoms with van der Waals surface area (Å²) in [7, 11) is -2.18. The van der Waals surface area contributed by atoms with E-state index in [0.717, 1.165) is 28.1 Å². The lowest BCUT2D eigenvalue weighted by Gasteiger charge is -2.33. The van der Waals surface area contributed by atoms with Crippen LogP contribution in [0.25, 0.3) is 0 Å². The number of anilines is 1. The molecule has 2 amide bonds. The molecule has 0 bridgehead atoms. The fraction of sp³-hybridized carbons (Fsp3) is 0.481. The maximum atomic E-state index is 13.7. The molecular weight excluding hydrogens is 478 g/mol. The molecule has 1 N–H and O–H groups in total. The third-order valence-corrected chi connectivity index (χ3v) is 7.03. The SMILES string of the molecule is CCc1ccc(N(CC(=O)N(Cc2ccc(OC)cc2)C(CC)C(=O)NCC(C)C)S(C)(=O)=O)cc1. The first-order valence-electron chi connectivity index (χ1n) is 12.3. The number of rotatable bonds is 13. The molecule has 8 nitrogen and oxygen atoms in total. The van der Waals surface area contributed by atoms with Gasteiger partial charge in [-0.3, -0.25) is 13.9 Å². The Kier molecular flexibility index (Phi) is 10.8. The van der Waals surface area contributed by atoms with Gasteiger partial charge in [-0.05, 0) is 54.2 Å². The molecule has 2 aromatic rings. The van der Waals surface area contributed by atoms with Crippen LogP contribution in [0.3, 0.4) is 0 Å². The van der Waals surface area contributed by atoms with E-state index < -0.39 is 28.5 Å². The fourth-order valence-electron chi connectivity index (χ4n) is 3.78. The number of methoxy groups -OCH3 is 1. The van der Waals surface area contributed by atoms with Crippen LogP contribution in [0.5, 0.6) is 5.75 Å².